The van der Waals surface area contributed by atoms with Crippen molar-refractivity contribution in [1.29, 1.82) is 0 Å². The molecule has 3 rings (SSSR count). The summed E-state index contributed by atoms with van der Waals surface area (Å²) >= 11 is 1.08. The van der Waals surface area contributed by atoms with Crippen LogP contribution in [0.3, 0.4) is 0 Å². The van der Waals surface area contributed by atoms with Gasteiger partial charge in [0.2, 0.25) is 10.0 Å². The second kappa shape index (κ2) is 5.87. The summed E-state index contributed by atoms with van der Waals surface area (Å²) in [5.74, 6) is -0.862. The summed E-state index contributed by atoms with van der Waals surface area (Å²) in [6.07, 6.45) is -4.54. The van der Waals surface area contributed by atoms with Crippen LogP contribution >= 0.6 is 11.3 Å². The molecule has 0 bridgehead atoms. The summed E-state index contributed by atoms with van der Waals surface area (Å²) < 4.78 is 66.5. The molecule has 0 saturated carbocycles. The molecule has 2 aromatic rings. The van der Waals surface area contributed by atoms with E-state index in [0.717, 1.165) is 11.3 Å². The molecule has 0 aromatic carbocycles. The molecular formula is C12H13F3N4O2S2. The van der Waals surface area contributed by atoms with Crippen LogP contribution < -0.4 is 4.72 Å². The van der Waals surface area contributed by atoms with Crippen molar-refractivity contribution in [3.05, 3.63) is 29.2 Å². The van der Waals surface area contributed by atoms with Crippen LogP contribution in [0.2, 0.25) is 0 Å². The molecule has 126 valence electrons. The standard InChI is InChI=1S/C12H13F3N4O2S2/c13-12(14,15)8-3-4-19-9(6-8)17-18-10(19)7-16-23(20,21)11-2-1-5-22-11/h1-2,5,8,16H,3-4,6-7H2/t8-/m1/s1. The average molecular weight is 366 g/mol. The molecule has 11 heteroatoms. The first-order chi connectivity index (χ1) is 10.8. The van der Waals surface area contributed by atoms with E-state index in [1.807, 2.05) is 0 Å². The van der Waals surface area contributed by atoms with Crippen molar-refractivity contribution in [3.63, 3.8) is 0 Å². The SMILES string of the molecule is O=S(=O)(NCc1nnc2n1CC[C@@H](C(F)(F)F)C2)c1cccs1. The van der Waals surface area contributed by atoms with Gasteiger partial charge in [-0.05, 0) is 17.9 Å². The van der Waals surface area contributed by atoms with Gasteiger partial charge in [0.05, 0.1) is 12.5 Å². The normalized spacial score (nSPS) is 18.8. The van der Waals surface area contributed by atoms with Gasteiger partial charge in [0.25, 0.3) is 0 Å². The summed E-state index contributed by atoms with van der Waals surface area (Å²) in [7, 11) is -3.65. The third-order valence-corrected chi connectivity index (χ3v) is 6.48. The Balaban J connectivity index is 1.71. The lowest BCUT2D eigenvalue weighted by molar-refractivity contribution is -0.179. The Morgan fingerprint density at radius 2 is 2.17 bits per heavy atom. The van der Waals surface area contributed by atoms with E-state index in [4.69, 9.17) is 0 Å². The van der Waals surface area contributed by atoms with E-state index in [0.29, 0.717) is 5.82 Å². The summed E-state index contributed by atoms with van der Waals surface area (Å²) in [6, 6.07) is 3.09. The van der Waals surface area contributed by atoms with Crippen LogP contribution in [0.1, 0.15) is 18.1 Å². The van der Waals surface area contributed by atoms with Crippen molar-refractivity contribution in [1.82, 2.24) is 19.5 Å². The highest BCUT2D eigenvalue weighted by Crippen LogP contribution is 2.34. The second-order valence-electron chi connectivity index (χ2n) is 5.17. The zero-order valence-corrected chi connectivity index (χ0v) is 13.4. The van der Waals surface area contributed by atoms with Crippen LogP contribution in [0.5, 0.6) is 0 Å². The molecular weight excluding hydrogens is 353 g/mol. The number of sulfonamides is 1. The lowest BCUT2D eigenvalue weighted by Crippen LogP contribution is -2.32. The monoisotopic (exact) mass is 366 g/mol. The van der Waals surface area contributed by atoms with E-state index < -0.39 is 22.1 Å². The van der Waals surface area contributed by atoms with Gasteiger partial charge in [0, 0.05) is 13.0 Å². The van der Waals surface area contributed by atoms with Crippen molar-refractivity contribution in [2.75, 3.05) is 0 Å². The zero-order chi connectivity index (χ0) is 16.7. The number of hydrogen-bond acceptors (Lipinski definition) is 5. The van der Waals surface area contributed by atoms with Gasteiger partial charge in [-0.1, -0.05) is 6.07 Å². The van der Waals surface area contributed by atoms with Gasteiger partial charge >= 0.3 is 6.18 Å². The summed E-state index contributed by atoms with van der Waals surface area (Å²) in [5, 5.41) is 9.23. The van der Waals surface area contributed by atoms with Crippen molar-refractivity contribution < 1.29 is 21.6 Å². The first-order valence-corrected chi connectivity index (χ1v) is 9.14. The van der Waals surface area contributed by atoms with E-state index in [1.165, 1.54) is 6.07 Å². The molecule has 3 heterocycles. The Labute approximate surface area is 134 Å². The number of aromatic nitrogens is 3. The predicted octanol–water partition coefficient (Wildman–Crippen LogP) is 1.94. The summed E-state index contributed by atoms with van der Waals surface area (Å²) in [4.78, 5) is 0. The number of hydrogen-bond donors (Lipinski definition) is 1. The molecule has 6 nitrogen and oxygen atoms in total. The third-order valence-electron chi connectivity index (χ3n) is 3.68. The fourth-order valence-corrected chi connectivity index (χ4v) is 4.46. The smallest absolute Gasteiger partial charge is 0.314 e. The lowest BCUT2D eigenvalue weighted by atomic mass is 9.97. The van der Waals surface area contributed by atoms with Crippen LogP contribution in [0.25, 0.3) is 0 Å². The summed E-state index contributed by atoms with van der Waals surface area (Å²) in [6.45, 7) is 0.0203. The first kappa shape index (κ1) is 16.4. The van der Waals surface area contributed by atoms with Gasteiger partial charge in [-0.15, -0.1) is 21.5 Å². The van der Waals surface area contributed by atoms with Gasteiger partial charge in [-0.25, -0.2) is 13.1 Å². The number of rotatable bonds is 4. The molecule has 23 heavy (non-hydrogen) atoms. The largest absolute Gasteiger partial charge is 0.392 e. The Hall–Kier alpha value is -1.46. The van der Waals surface area contributed by atoms with E-state index >= 15 is 0 Å². The van der Waals surface area contributed by atoms with Crippen molar-refractivity contribution >= 4 is 21.4 Å². The minimum absolute atomic E-state index is 0.0563. The molecule has 2 aromatic heterocycles. The quantitative estimate of drug-likeness (QED) is 0.897. The molecule has 0 amide bonds. The van der Waals surface area contributed by atoms with E-state index in [2.05, 4.69) is 14.9 Å². The fourth-order valence-electron chi connectivity index (χ4n) is 2.45. The third kappa shape index (κ3) is 3.40. The van der Waals surface area contributed by atoms with Crippen LogP contribution in [-0.4, -0.2) is 29.4 Å². The Bertz CT molecular complexity index is 784. The summed E-state index contributed by atoms with van der Waals surface area (Å²) in [5.41, 5.74) is 0. The average Bonchev–Trinajstić information content (AvgIpc) is 3.14. The molecule has 0 spiro atoms. The maximum atomic E-state index is 12.8. The number of alkyl halides is 3. The fraction of sp³-hybridized carbons (Fsp3) is 0.500. The van der Waals surface area contributed by atoms with Crippen LogP contribution in [0.4, 0.5) is 13.2 Å². The van der Waals surface area contributed by atoms with Gasteiger partial charge in [-0.3, -0.25) is 0 Å². The highest BCUT2D eigenvalue weighted by Gasteiger charge is 2.42. The molecule has 1 aliphatic rings. The highest BCUT2D eigenvalue weighted by molar-refractivity contribution is 7.91. The van der Waals surface area contributed by atoms with E-state index in [9.17, 15) is 21.6 Å². The number of nitrogens with zero attached hydrogens (tertiary/aromatic N) is 3. The lowest BCUT2D eigenvalue weighted by Gasteiger charge is -2.25. The van der Waals surface area contributed by atoms with Gasteiger partial charge in [0.15, 0.2) is 0 Å². The van der Waals surface area contributed by atoms with Crippen LogP contribution in [0.15, 0.2) is 21.7 Å². The molecule has 0 aliphatic carbocycles. The molecule has 1 aliphatic heterocycles. The second-order valence-corrected chi connectivity index (χ2v) is 8.11. The van der Waals surface area contributed by atoms with Crippen LogP contribution in [0, 0.1) is 5.92 Å². The molecule has 0 unspecified atom stereocenters. The minimum Gasteiger partial charge on any atom is -0.314 e. The Morgan fingerprint density at radius 1 is 1.39 bits per heavy atom. The van der Waals surface area contributed by atoms with Gasteiger partial charge < -0.3 is 4.57 Å². The predicted molar refractivity (Wildman–Crippen MR) is 76.2 cm³/mol. The molecule has 1 atom stereocenters. The number of fused-ring (bicyclic) bond motifs is 1. The van der Waals surface area contributed by atoms with E-state index in [1.54, 1.807) is 16.0 Å². The van der Waals surface area contributed by atoms with Crippen molar-refractivity contribution in [2.24, 2.45) is 5.92 Å². The van der Waals surface area contributed by atoms with Gasteiger partial charge in [-0.2, -0.15) is 13.2 Å². The topological polar surface area (TPSA) is 76.9 Å². The number of nitrogens with one attached hydrogen (secondary N) is 1. The van der Waals surface area contributed by atoms with Crippen LogP contribution in [-0.2, 0) is 29.5 Å². The molecule has 1 N–H and O–H groups in total. The van der Waals surface area contributed by atoms with Crippen molar-refractivity contribution in [2.45, 2.75) is 36.3 Å². The molecule has 0 fully saturated rings. The Morgan fingerprint density at radius 3 is 2.83 bits per heavy atom. The van der Waals surface area contributed by atoms with E-state index in [-0.39, 0.29) is 36.0 Å². The van der Waals surface area contributed by atoms with Crippen molar-refractivity contribution in [3.8, 4) is 0 Å². The number of thiophene rings is 1. The minimum atomic E-state index is -4.25. The first-order valence-electron chi connectivity index (χ1n) is 6.78. The van der Waals surface area contributed by atoms with Gasteiger partial charge in [0.1, 0.15) is 15.9 Å². The Kier molecular flexibility index (Phi) is 4.19. The molecule has 0 saturated heterocycles. The molecule has 0 radical (unpaired) electrons. The highest BCUT2D eigenvalue weighted by atomic mass is 32.2. The zero-order valence-electron chi connectivity index (χ0n) is 11.7. The maximum absolute atomic E-state index is 12.8. The number of halogens is 3. The maximum Gasteiger partial charge on any atom is 0.392 e.